The number of allylic oxidation sites excluding steroid dienone is 1. The highest BCUT2D eigenvalue weighted by Crippen LogP contribution is 2.30. The molecule has 0 fully saturated rings. The van der Waals surface area contributed by atoms with E-state index in [9.17, 15) is 9.59 Å². The fourth-order valence-electron chi connectivity index (χ4n) is 3.03. The molecule has 0 radical (unpaired) electrons. The van der Waals surface area contributed by atoms with Gasteiger partial charge in [-0.25, -0.2) is 0 Å². The standard InChI is InChI=1S/C23H15BrO3/c24-17-11-9-15(10-12-17)14-27-21-8-4-1-5-16(21)13-20-22(25)18-6-2-3-7-19(18)23(20)26/h1-13H,14H2. The van der Waals surface area contributed by atoms with E-state index in [-0.39, 0.29) is 17.1 Å². The molecule has 132 valence electrons. The van der Waals surface area contributed by atoms with E-state index in [1.807, 2.05) is 48.5 Å². The lowest BCUT2D eigenvalue weighted by Crippen LogP contribution is -2.01. The highest BCUT2D eigenvalue weighted by Gasteiger charge is 2.32. The van der Waals surface area contributed by atoms with Crippen molar-refractivity contribution in [2.24, 2.45) is 0 Å². The Morgan fingerprint density at radius 1 is 0.778 bits per heavy atom. The Morgan fingerprint density at radius 3 is 2.04 bits per heavy atom. The van der Waals surface area contributed by atoms with Gasteiger partial charge >= 0.3 is 0 Å². The van der Waals surface area contributed by atoms with Crippen LogP contribution >= 0.6 is 15.9 Å². The molecule has 3 aromatic carbocycles. The number of ketones is 2. The van der Waals surface area contributed by atoms with Crippen molar-refractivity contribution >= 4 is 33.6 Å². The summed E-state index contributed by atoms with van der Waals surface area (Å²) in [5, 5.41) is 0. The molecule has 0 N–H and O–H groups in total. The molecule has 0 saturated carbocycles. The van der Waals surface area contributed by atoms with Crippen molar-refractivity contribution in [1.29, 1.82) is 0 Å². The normalized spacial score (nSPS) is 12.9. The van der Waals surface area contributed by atoms with Gasteiger partial charge in [-0.2, -0.15) is 0 Å². The van der Waals surface area contributed by atoms with Crippen molar-refractivity contribution in [3.8, 4) is 5.75 Å². The van der Waals surface area contributed by atoms with E-state index in [4.69, 9.17) is 4.74 Å². The third-order valence-corrected chi connectivity index (χ3v) is 4.96. The molecular formula is C23H15BrO3. The van der Waals surface area contributed by atoms with E-state index >= 15 is 0 Å². The second kappa shape index (κ2) is 7.33. The van der Waals surface area contributed by atoms with Crippen molar-refractivity contribution in [3.63, 3.8) is 0 Å². The summed E-state index contributed by atoms with van der Waals surface area (Å²) in [5.74, 6) is 0.154. The van der Waals surface area contributed by atoms with Crippen molar-refractivity contribution < 1.29 is 14.3 Å². The molecular weight excluding hydrogens is 404 g/mol. The molecule has 4 heteroatoms. The summed E-state index contributed by atoms with van der Waals surface area (Å²) in [4.78, 5) is 25.2. The van der Waals surface area contributed by atoms with Gasteiger partial charge in [0, 0.05) is 21.2 Å². The number of para-hydroxylation sites is 1. The lowest BCUT2D eigenvalue weighted by molar-refractivity contribution is 0.0990. The topological polar surface area (TPSA) is 43.4 Å². The summed E-state index contributed by atoms with van der Waals surface area (Å²) < 4.78 is 6.95. The van der Waals surface area contributed by atoms with Gasteiger partial charge in [-0.15, -0.1) is 0 Å². The van der Waals surface area contributed by atoms with Crippen LogP contribution in [0.2, 0.25) is 0 Å². The maximum Gasteiger partial charge on any atom is 0.197 e. The minimum Gasteiger partial charge on any atom is -0.488 e. The number of hydrogen-bond acceptors (Lipinski definition) is 3. The zero-order valence-electron chi connectivity index (χ0n) is 14.3. The van der Waals surface area contributed by atoms with Gasteiger partial charge < -0.3 is 4.74 Å². The van der Waals surface area contributed by atoms with Crippen LogP contribution in [-0.2, 0) is 6.61 Å². The molecule has 0 bridgehead atoms. The highest BCUT2D eigenvalue weighted by atomic mass is 79.9. The maximum absolute atomic E-state index is 12.6. The highest BCUT2D eigenvalue weighted by molar-refractivity contribution is 9.10. The van der Waals surface area contributed by atoms with E-state index in [0.29, 0.717) is 29.0 Å². The van der Waals surface area contributed by atoms with E-state index in [2.05, 4.69) is 15.9 Å². The van der Waals surface area contributed by atoms with Crippen LogP contribution in [0, 0.1) is 0 Å². The molecule has 0 heterocycles. The monoisotopic (exact) mass is 418 g/mol. The summed E-state index contributed by atoms with van der Waals surface area (Å²) >= 11 is 3.41. The van der Waals surface area contributed by atoms with Gasteiger partial charge in [0.25, 0.3) is 0 Å². The predicted octanol–water partition coefficient (Wildman–Crippen LogP) is 5.49. The first-order valence-electron chi connectivity index (χ1n) is 8.50. The Balaban J connectivity index is 1.62. The van der Waals surface area contributed by atoms with Crippen LogP contribution in [0.5, 0.6) is 5.75 Å². The molecule has 3 aromatic rings. The van der Waals surface area contributed by atoms with Crippen LogP contribution in [-0.4, -0.2) is 11.6 Å². The van der Waals surface area contributed by atoms with Gasteiger partial charge in [-0.05, 0) is 29.8 Å². The number of rotatable bonds is 4. The maximum atomic E-state index is 12.6. The van der Waals surface area contributed by atoms with Crippen molar-refractivity contribution in [1.82, 2.24) is 0 Å². The molecule has 0 amide bonds. The third kappa shape index (κ3) is 3.49. The zero-order chi connectivity index (χ0) is 18.8. The molecule has 1 aliphatic rings. The van der Waals surface area contributed by atoms with Crippen LogP contribution in [0.15, 0.2) is 82.8 Å². The quantitative estimate of drug-likeness (QED) is 0.415. The van der Waals surface area contributed by atoms with E-state index in [1.165, 1.54) is 0 Å². The summed E-state index contributed by atoms with van der Waals surface area (Å²) in [7, 11) is 0. The smallest absolute Gasteiger partial charge is 0.197 e. The average molecular weight is 419 g/mol. The lowest BCUT2D eigenvalue weighted by atomic mass is 10.1. The lowest BCUT2D eigenvalue weighted by Gasteiger charge is -2.10. The van der Waals surface area contributed by atoms with Crippen LogP contribution in [0.3, 0.4) is 0 Å². The SMILES string of the molecule is O=C1C(=Cc2ccccc2OCc2ccc(Br)cc2)C(=O)c2ccccc21. The van der Waals surface area contributed by atoms with Gasteiger partial charge in [0.1, 0.15) is 12.4 Å². The third-order valence-electron chi connectivity index (χ3n) is 4.43. The number of carbonyl (C=O) groups is 2. The van der Waals surface area contributed by atoms with Crippen molar-refractivity contribution in [3.05, 3.63) is 105 Å². The molecule has 3 nitrogen and oxygen atoms in total. The Hall–Kier alpha value is -2.98. The largest absolute Gasteiger partial charge is 0.488 e. The second-order valence-electron chi connectivity index (χ2n) is 6.21. The number of halogens is 1. The van der Waals surface area contributed by atoms with E-state index in [1.54, 1.807) is 30.3 Å². The Labute approximate surface area is 165 Å². The number of hydrogen-bond donors (Lipinski definition) is 0. The van der Waals surface area contributed by atoms with Gasteiger partial charge in [-0.3, -0.25) is 9.59 Å². The van der Waals surface area contributed by atoms with Crippen molar-refractivity contribution in [2.75, 3.05) is 0 Å². The predicted molar refractivity (Wildman–Crippen MR) is 108 cm³/mol. The molecule has 0 atom stereocenters. The minimum atomic E-state index is -0.238. The molecule has 0 aliphatic heterocycles. The number of benzene rings is 3. The molecule has 1 aliphatic carbocycles. The van der Waals surface area contributed by atoms with Gasteiger partial charge in [-0.1, -0.05) is 70.5 Å². The fourth-order valence-corrected chi connectivity index (χ4v) is 3.30. The molecule has 0 aromatic heterocycles. The van der Waals surface area contributed by atoms with Crippen molar-refractivity contribution in [2.45, 2.75) is 6.61 Å². The molecule has 0 spiro atoms. The number of fused-ring (bicyclic) bond motifs is 1. The minimum absolute atomic E-state index is 0.177. The number of carbonyl (C=O) groups excluding carboxylic acids is 2. The Bertz CT molecular complexity index is 1030. The second-order valence-corrected chi connectivity index (χ2v) is 7.13. The Kier molecular flexibility index (Phi) is 4.73. The first-order valence-corrected chi connectivity index (χ1v) is 9.29. The number of ether oxygens (including phenoxy) is 1. The molecule has 4 rings (SSSR count). The summed E-state index contributed by atoms with van der Waals surface area (Å²) in [5.41, 5.74) is 2.83. The Morgan fingerprint density at radius 2 is 1.37 bits per heavy atom. The van der Waals surface area contributed by atoms with Gasteiger partial charge in [0.15, 0.2) is 11.6 Å². The molecule has 27 heavy (non-hydrogen) atoms. The van der Waals surface area contributed by atoms with E-state index < -0.39 is 0 Å². The van der Waals surface area contributed by atoms with Gasteiger partial charge in [0.2, 0.25) is 0 Å². The van der Waals surface area contributed by atoms with Crippen LogP contribution in [0.4, 0.5) is 0 Å². The zero-order valence-corrected chi connectivity index (χ0v) is 15.9. The first-order chi connectivity index (χ1) is 13.1. The van der Waals surface area contributed by atoms with Crippen LogP contribution < -0.4 is 4.74 Å². The molecule has 0 saturated heterocycles. The van der Waals surface area contributed by atoms with E-state index in [0.717, 1.165) is 10.0 Å². The van der Waals surface area contributed by atoms with Crippen LogP contribution in [0.1, 0.15) is 31.8 Å². The fraction of sp³-hybridized carbons (Fsp3) is 0.0435. The van der Waals surface area contributed by atoms with Crippen LogP contribution in [0.25, 0.3) is 6.08 Å². The summed E-state index contributed by atoms with van der Waals surface area (Å²) in [6.07, 6.45) is 1.63. The average Bonchev–Trinajstić information content (AvgIpc) is 2.94. The van der Waals surface area contributed by atoms with Gasteiger partial charge in [0.05, 0.1) is 5.57 Å². The summed E-state index contributed by atoms with van der Waals surface area (Å²) in [6, 6.07) is 22.2. The first kappa shape index (κ1) is 17.4. The summed E-state index contributed by atoms with van der Waals surface area (Å²) in [6.45, 7) is 0.398. The molecule has 0 unspecified atom stereocenters. The number of Topliss-reactive ketones (excluding diaryl/α,β-unsaturated/α-hetero) is 2.